The monoisotopic (exact) mass is 282 g/mol. The fraction of sp³-hybridized carbons (Fsp3) is 0.900. The Kier molecular flexibility index (Phi) is 7.66. The lowest BCUT2D eigenvalue weighted by atomic mass is 10.0. The molecule has 3 N–H and O–H groups in total. The summed E-state index contributed by atoms with van der Waals surface area (Å²) in [7, 11) is -3.44. The molecule has 0 aliphatic carbocycles. The standard InChI is InChI=1S/C10H23N2O5P/c1-5-16-18(15,17-6-2)7-12(14)9(8(3)4)10(11)13/h8-9,14H,5-7H2,1-4H3,(H2,11,13)/t9-/m0/s1. The third kappa shape index (κ3) is 5.46. The molecule has 0 unspecified atom stereocenters. The SMILES string of the molecule is CCOP(=O)(CN(O)[C@H](C(N)=O)C(C)C)OCC. The van der Waals surface area contributed by atoms with Crippen LogP contribution in [0.25, 0.3) is 0 Å². The molecule has 0 aliphatic heterocycles. The van der Waals surface area contributed by atoms with Gasteiger partial charge in [-0.25, -0.2) is 0 Å². The largest absolute Gasteiger partial charge is 0.368 e. The van der Waals surface area contributed by atoms with Gasteiger partial charge in [0.15, 0.2) is 0 Å². The molecule has 18 heavy (non-hydrogen) atoms. The zero-order valence-electron chi connectivity index (χ0n) is 11.3. The van der Waals surface area contributed by atoms with Crippen LogP contribution >= 0.6 is 7.60 Å². The van der Waals surface area contributed by atoms with E-state index in [1.807, 2.05) is 0 Å². The summed E-state index contributed by atoms with van der Waals surface area (Å²) in [5.41, 5.74) is 5.19. The number of primary amides is 1. The van der Waals surface area contributed by atoms with Crippen LogP contribution in [0, 0.1) is 5.92 Å². The van der Waals surface area contributed by atoms with Gasteiger partial charge in [-0.15, -0.1) is 0 Å². The minimum absolute atomic E-state index is 0.189. The highest BCUT2D eigenvalue weighted by Gasteiger charge is 2.34. The first-order chi connectivity index (χ1) is 8.27. The average molecular weight is 282 g/mol. The van der Waals surface area contributed by atoms with Gasteiger partial charge in [-0.05, 0) is 19.8 Å². The van der Waals surface area contributed by atoms with Crippen molar-refractivity contribution < 1.29 is 23.6 Å². The van der Waals surface area contributed by atoms with E-state index in [1.165, 1.54) is 0 Å². The van der Waals surface area contributed by atoms with E-state index in [0.29, 0.717) is 5.06 Å². The Morgan fingerprint density at radius 3 is 2.06 bits per heavy atom. The Morgan fingerprint density at radius 2 is 1.78 bits per heavy atom. The molecule has 0 aliphatic rings. The third-order valence-electron chi connectivity index (χ3n) is 2.21. The van der Waals surface area contributed by atoms with Gasteiger partial charge in [0.2, 0.25) is 5.91 Å². The molecule has 1 atom stereocenters. The van der Waals surface area contributed by atoms with Crippen molar-refractivity contribution >= 4 is 13.5 Å². The highest BCUT2D eigenvalue weighted by molar-refractivity contribution is 7.53. The summed E-state index contributed by atoms with van der Waals surface area (Å²) in [5, 5.41) is 10.5. The Hall–Kier alpha value is -0.460. The molecule has 8 heteroatoms. The van der Waals surface area contributed by atoms with Crippen LogP contribution in [0.3, 0.4) is 0 Å². The maximum atomic E-state index is 12.2. The molecule has 0 bridgehead atoms. The fourth-order valence-electron chi connectivity index (χ4n) is 1.60. The van der Waals surface area contributed by atoms with E-state index in [2.05, 4.69) is 0 Å². The van der Waals surface area contributed by atoms with Crippen LogP contribution < -0.4 is 5.73 Å². The van der Waals surface area contributed by atoms with Crippen molar-refractivity contribution in [2.24, 2.45) is 11.7 Å². The number of hydrogen-bond donors (Lipinski definition) is 2. The number of rotatable bonds is 9. The van der Waals surface area contributed by atoms with E-state index in [1.54, 1.807) is 27.7 Å². The molecule has 0 saturated heterocycles. The van der Waals surface area contributed by atoms with Crippen molar-refractivity contribution in [3.05, 3.63) is 0 Å². The fourth-order valence-corrected chi connectivity index (χ4v) is 3.15. The van der Waals surface area contributed by atoms with Crippen LogP contribution in [0.4, 0.5) is 0 Å². The Labute approximate surface area is 108 Å². The lowest BCUT2D eigenvalue weighted by molar-refractivity contribution is -0.153. The summed E-state index contributed by atoms with van der Waals surface area (Å²) in [4.78, 5) is 11.2. The summed E-state index contributed by atoms with van der Waals surface area (Å²) in [6, 6.07) is -0.931. The third-order valence-corrected chi connectivity index (χ3v) is 4.15. The molecule has 7 nitrogen and oxygen atoms in total. The molecular formula is C10H23N2O5P. The number of hydroxylamine groups is 2. The van der Waals surface area contributed by atoms with E-state index in [9.17, 15) is 14.6 Å². The van der Waals surface area contributed by atoms with Gasteiger partial charge < -0.3 is 20.0 Å². The predicted octanol–water partition coefficient (Wildman–Crippen LogP) is 1.41. The quantitative estimate of drug-likeness (QED) is 0.489. The second-order valence-corrected chi connectivity index (χ2v) is 6.14. The van der Waals surface area contributed by atoms with Crippen LogP contribution in [0.2, 0.25) is 0 Å². The van der Waals surface area contributed by atoms with Gasteiger partial charge in [0.25, 0.3) is 0 Å². The van der Waals surface area contributed by atoms with E-state index >= 15 is 0 Å². The second kappa shape index (κ2) is 7.86. The Morgan fingerprint density at radius 1 is 1.33 bits per heavy atom. The summed E-state index contributed by atoms with van der Waals surface area (Å²) in [5.74, 6) is -0.906. The van der Waals surface area contributed by atoms with E-state index < -0.39 is 19.5 Å². The molecule has 0 aromatic carbocycles. The van der Waals surface area contributed by atoms with Crippen molar-refractivity contribution in [3.63, 3.8) is 0 Å². The van der Waals surface area contributed by atoms with E-state index in [-0.39, 0.29) is 25.4 Å². The second-order valence-electron chi connectivity index (χ2n) is 4.12. The van der Waals surface area contributed by atoms with Crippen molar-refractivity contribution in [2.45, 2.75) is 33.7 Å². The number of nitrogens with two attached hydrogens (primary N) is 1. The molecule has 108 valence electrons. The molecule has 0 saturated carbocycles. The summed E-state index contributed by atoms with van der Waals surface area (Å²) >= 11 is 0. The number of hydrogen-bond acceptors (Lipinski definition) is 6. The summed E-state index contributed by atoms with van der Waals surface area (Å²) in [6.45, 7) is 7.17. The molecule has 0 heterocycles. The van der Waals surface area contributed by atoms with Gasteiger partial charge in [0.1, 0.15) is 12.3 Å². The number of carbonyl (C=O) groups is 1. The lowest BCUT2D eigenvalue weighted by Crippen LogP contribution is -2.46. The van der Waals surface area contributed by atoms with E-state index in [4.69, 9.17) is 14.8 Å². The molecule has 0 rings (SSSR count). The minimum atomic E-state index is -3.44. The van der Waals surface area contributed by atoms with Crippen LogP contribution in [-0.2, 0) is 18.4 Å². The zero-order valence-corrected chi connectivity index (χ0v) is 12.2. The van der Waals surface area contributed by atoms with Gasteiger partial charge in [0, 0.05) is 0 Å². The molecule has 0 aromatic heterocycles. The van der Waals surface area contributed by atoms with Crippen LogP contribution in [0.1, 0.15) is 27.7 Å². The molecule has 1 amide bonds. The molecule has 0 radical (unpaired) electrons. The van der Waals surface area contributed by atoms with Gasteiger partial charge in [-0.3, -0.25) is 9.36 Å². The number of carbonyl (C=O) groups excluding carboxylic acids is 1. The minimum Gasteiger partial charge on any atom is -0.368 e. The Balaban J connectivity index is 4.81. The molecule has 0 fully saturated rings. The Bertz CT molecular complexity index is 301. The van der Waals surface area contributed by atoms with Crippen LogP contribution in [0.15, 0.2) is 0 Å². The average Bonchev–Trinajstić information content (AvgIpc) is 2.15. The first-order valence-electron chi connectivity index (χ1n) is 5.90. The van der Waals surface area contributed by atoms with E-state index in [0.717, 1.165) is 0 Å². The lowest BCUT2D eigenvalue weighted by Gasteiger charge is -2.28. The highest BCUT2D eigenvalue weighted by Crippen LogP contribution is 2.48. The first kappa shape index (κ1) is 17.5. The maximum absolute atomic E-state index is 12.2. The van der Waals surface area contributed by atoms with Crippen molar-refractivity contribution in [1.82, 2.24) is 5.06 Å². The highest BCUT2D eigenvalue weighted by atomic mass is 31.2. The summed E-state index contributed by atoms with van der Waals surface area (Å²) < 4.78 is 22.2. The van der Waals surface area contributed by atoms with Gasteiger partial charge >= 0.3 is 7.60 Å². The van der Waals surface area contributed by atoms with Crippen molar-refractivity contribution in [3.8, 4) is 0 Å². The van der Waals surface area contributed by atoms with Crippen molar-refractivity contribution in [1.29, 1.82) is 0 Å². The molecule has 0 aromatic rings. The normalized spacial score (nSPS) is 14.2. The molecular weight excluding hydrogens is 259 g/mol. The predicted molar refractivity (Wildman–Crippen MR) is 67.2 cm³/mol. The molecule has 0 spiro atoms. The van der Waals surface area contributed by atoms with Crippen LogP contribution in [0.5, 0.6) is 0 Å². The number of amides is 1. The first-order valence-corrected chi connectivity index (χ1v) is 7.63. The zero-order chi connectivity index (χ0) is 14.3. The number of nitrogens with zero attached hydrogens (tertiary/aromatic N) is 1. The van der Waals surface area contributed by atoms with Crippen molar-refractivity contribution in [2.75, 3.05) is 19.5 Å². The topological polar surface area (TPSA) is 102 Å². The van der Waals surface area contributed by atoms with Crippen LogP contribution in [-0.4, -0.2) is 41.7 Å². The van der Waals surface area contributed by atoms with Gasteiger partial charge in [-0.1, -0.05) is 13.8 Å². The maximum Gasteiger partial charge on any atom is 0.346 e. The smallest absolute Gasteiger partial charge is 0.346 e. The summed E-state index contributed by atoms with van der Waals surface area (Å²) in [6.07, 6.45) is -0.388. The van der Waals surface area contributed by atoms with Gasteiger partial charge in [-0.2, -0.15) is 5.06 Å². The van der Waals surface area contributed by atoms with Gasteiger partial charge in [0.05, 0.1) is 13.2 Å².